The largest absolute Gasteiger partial charge is 0.300 e. The predicted octanol–water partition coefficient (Wildman–Crippen LogP) is 2.28. The summed E-state index contributed by atoms with van der Waals surface area (Å²) < 4.78 is 29.5. The minimum absolute atomic E-state index is 0.0169. The number of likely N-dealkylation sites (N-methyl/N-ethyl adjacent to an activating group) is 1. The Morgan fingerprint density at radius 2 is 1.83 bits per heavy atom. The van der Waals surface area contributed by atoms with E-state index in [-0.39, 0.29) is 12.6 Å². The van der Waals surface area contributed by atoms with Crippen molar-refractivity contribution in [1.82, 2.24) is 14.3 Å². The molecule has 0 bridgehead atoms. The van der Waals surface area contributed by atoms with E-state index in [0.29, 0.717) is 6.54 Å². The molecule has 0 saturated heterocycles. The zero-order chi connectivity index (χ0) is 16.9. The van der Waals surface area contributed by atoms with Gasteiger partial charge in [0.15, 0.2) is 0 Å². The summed E-state index contributed by atoms with van der Waals surface area (Å²) >= 11 is 1.65. The van der Waals surface area contributed by atoms with Crippen molar-refractivity contribution in [3.05, 3.63) is 57.8 Å². The Bertz CT molecular complexity index is 712. The summed E-state index contributed by atoms with van der Waals surface area (Å²) in [6.07, 6.45) is 0. The molecule has 1 heterocycles. The zero-order valence-electron chi connectivity index (χ0n) is 13.6. The first-order valence-corrected chi connectivity index (χ1v) is 9.74. The summed E-state index contributed by atoms with van der Waals surface area (Å²) in [5.74, 6) is 0. The minimum Gasteiger partial charge on any atom is -0.300 e. The molecule has 0 aliphatic heterocycles. The molecule has 7 heteroatoms. The van der Waals surface area contributed by atoms with Gasteiger partial charge in [0.1, 0.15) is 0 Å². The molecule has 1 aromatic heterocycles. The van der Waals surface area contributed by atoms with Crippen molar-refractivity contribution in [2.24, 2.45) is 0 Å². The summed E-state index contributed by atoms with van der Waals surface area (Å²) in [5, 5.41) is 2.03. The average molecular weight is 354 g/mol. The van der Waals surface area contributed by atoms with E-state index >= 15 is 0 Å². The molecule has 0 unspecified atom stereocenters. The molecule has 126 valence electrons. The summed E-state index contributed by atoms with van der Waals surface area (Å²) in [4.78, 5) is 3.21. The number of nitrogens with one attached hydrogen (secondary N) is 2. The molecule has 0 spiro atoms. The predicted molar refractivity (Wildman–Crippen MR) is 95.7 cm³/mol. The molecule has 1 atom stereocenters. The standard InChI is InChI=1S/C16H23N3O2S2/c1-13-9-10-22-16(13)15(19(2)3)12-18-23(20,21)17-11-14-7-5-4-6-8-14/h4-10,15,17-18H,11-12H2,1-3H3/t15-/m1/s1. The molecule has 0 aliphatic carbocycles. The van der Waals surface area contributed by atoms with Gasteiger partial charge in [-0.25, -0.2) is 4.72 Å². The molecule has 2 N–H and O–H groups in total. The fourth-order valence-electron chi connectivity index (χ4n) is 2.25. The molecular weight excluding hydrogens is 330 g/mol. The van der Waals surface area contributed by atoms with Crippen LogP contribution in [-0.2, 0) is 16.8 Å². The van der Waals surface area contributed by atoms with Gasteiger partial charge in [0, 0.05) is 18.0 Å². The van der Waals surface area contributed by atoms with Gasteiger partial charge in [-0.15, -0.1) is 11.3 Å². The van der Waals surface area contributed by atoms with E-state index in [9.17, 15) is 8.42 Å². The van der Waals surface area contributed by atoms with Gasteiger partial charge in [0.25, 0.3) is 10.2 Å². The van der Waals surface area contributed by atoms with E-state index < -0.39 is 10.2 Å². The molecule has 2 aromatic rings. The van der Waals surface area contributed by atoms with Crippen LogP contribution in [0.4, 0.5) is 0 Å². The van der Waals surface area contributed by atoms with Crippen LogP contribution in [-0.4, -0.2) is 34.0 Å². The first-order chi connectivity index (χ1) is 10.9. The van der Waals surface area contributed by atoms with Crippen molar-refractivity contribution in [3.8, 4) is 0 Å². The normalized spacial score (nSPS) is 13.4. The monoisotopic (exact) mass is 353 g/mol. The smallest absolute Gasteiger partial charge is 0.277 e. The van der Waals surface area contributed by atoms with Crippen LogP contribution in [0, 0.1) is 6.92 Å². The SMILES string of the molecule is Cc1ccsc1[C@@H](CNS(=O)(=O)NCc1ccccc1)N(C)C. The fraction of sp³-hybridized carbons (Fsp3) is 0.375. The summed E-state index contributed by atoms with van der Waals surface area (Å²) in [7, 11) is 0.373. The van der Waals surface area contributed by atoms with Gasteiger partial charge in [-0.2, -0.15) is 13.1 Å². The third-order valence-electron chi connectivity index (χ3n) is 3.60. The Morgan fingerprint density at radius 3 is 2.39 bits per heavy atom. The van der Waals surface area contributed by atoms with Crippen LogP contribution in [0.1, 0.15) is 22.0 Å². The third-order valence-corrected chi connectivity index (χ3v) is 5.79. The number of rotatable bonds is 8. The Balaban J connectivity index is 1.95. The van der Waals surface area contributed by atoms with Gasteiger partial charge >= 0.3 is 0 Å². The molecule has 1 aromatic carbocycles. The van der Waals surface area contributed by atoms with E-state index in [4.69, 9.17) is 0 Å². The number of hydrogen-bond donors (Lipinski definition) is 2. The minimum atomic E-state index is -3.53. The second kappa shape index (κ2) is 8.03. The Labute approximate surface area is 142 Å². The second-order valence-corrected chi connectivity index (χ2v) is 8.14. The lowest BCUT2D eigenvalue weighted by atomic mass is 10.1. The number of aryl methyl sites for hydroxylation is 1. The van der Waals surface area contributed by atoms with Crippen LogP contribution in [0.3, 0.4) is 0 Å². The van der Waals surface area contributed by atoms with E-state index in [1.807, 2.05) is 61.6 Å². The van der Waals surface area contributed by atoms with Crippen molar-refractivity contribution in [2.75, 3.05) is 20.6 Å². The highest BCUT2D eigenvalue weighted by Crippen LogP contribution is 2.26. The quantitative estimate of drug-likeness (QED) is 0.765. The highest BCUT2D eigenvalue weighted by Gasteiger charge is 2.20. The van der Waals surface area contributed by atoms with Gasteiger partial charge in [-0.1, -0.05) is 30.3 Å². The van der Waals surface area contributed by atoms with E-state index in [1.54, 1.807) is 11.3 Å². The first kappa shape index (κ1) is 18.1. The molecule has 5 nitrogen and oxygen atoms in total. The first-order valence-electron chi connectivity index (χ1n) is 7.37. The zero-order valence-corrected chi connectivity index (χ0v) is 15.2. The molecule has 0 aliphatic rings. The molecule has 0 saturated carbocycles. The summed E-state index contributed by atoms with van der Waals surface area (Å²) in [6, 6.07) is 11.5. The average Bonchev–Trinajstić information content (AvgIpc) is 2.92. The second-order valence-electron chi connectivity index (χ2n) is 5.61. The maximum atomic E-state index is 12.1. The van der Waals surface area contributed by atoms with Crippen molar-refractivity contribution in [2.45, 2.75) is 19.5 Å². The van der Waals surface area contributed by atoms with Crippen LogP contribution >= 0.6 is 11.3 Å². The van der Waals surface area contributed by atoms with E-state index in [0.717, 1.165) is 5.56 Å². The van der Waals surface area contributed by atoms with Crippen molar-refractivity contribution in [1.29, 1.82) is 0 Å². The van der Waals surface area contributed by atoms with Gasteiger partial charge in [0.2, 0.25) is 0 Å². The maximum Gasteiger partial charge on any atom is 0.277 e. The number of thiophene rings is 1. The molecule has 0 fully saturated rings. The number of benzene rings is 1. The fourth-order valence-corrected chi connectivity index (χ4v) is 4.21. The highest BCUT2D eigenvalue weighted by molar-refractivity contribution is 7.87. The van der Waals surface area contributed by atoms with Crippen LogP contribution in [0.2, 0.25) is 0 Å². The molecule has 23 heavy (non-hydrogen) atoms. The van der Waals surface area contributed by atoms with Crippen molar-refractivity contribution >= 4 is 21.5 Å². The van der Waals surface area contributed by atoms with Gasteiger partial charge < -0.3 is 4.90 Å². The molecular formula is C16H23N3O2S2. The Kier molecular flexibility index (Phi) is 6.32. The van der Waals surface area contributed by atoms with Gasteiger partial charge in [-0.05, 0) is 43.6 Å². The van der Waals surface area contributed by atoms with Gasteiger partial charge in [0.05, 0.1) is 6.04 Å². The van der Waals surface area contributed by atoms with Crippen LogP contribution < -0.4 is 9.44 Å². The lowest BCUT2D eigenvalue weighted by Gasteiger charge is -2.24. The molecule has 2 rings (SSSR count). The number of hydrogen-bond acceptors (Lipinski definition) is 4. The topological polar surface area (TPSA) is 61.4 Å². The molecule has 0 radical (unpaired) electrons. The Morgan fingerprint density at radius 1 is 1.13 bits per heavy atom. The van der Waals surface area contributed by atoms with Crippen molar-refractivity contribution in [3.63, 3.8) is 0 Å². The lowest BCUT2D eigenvalue weighted by Crippen LogP contribution is -2.40. The van der Waals surface area contributed by atoms with Crippen LogP contribution in [0.5, 0.6) is 0 Å². The van der Waals surface area contributed by atoms with Crippen LogP contribution in [0.25, 0.3) is 0 Å². The van der Waals surface area contributed by atoms with E-state index in [2.05, 4.69) is 15.5 Å². The number of nitrogens with zero attached hydrogens (tertiary/aromatic N) is 1. The van der Waals surface area contributed by atoms with Crippen molar-refractivity contribution < 1.29 is 8.42 Å². The third kappa shape index (κ3) is 5.40. The Hall–Kier alpha value is -1.25. The van der Waals surface area contributed by atoms with Crippen LogP contribution in [0.15, 0.2) is 41.8 Å². The summed E-state index contributed by atoms with van der Waals surface area (Å²) in [6.45, 7) is 2.66. The lowest BCUT2D eigenvalue weighted by molar-refractivity contribution is 0.302. The molecule has 0 amide bonds. The van der Waals surface area contributed by atoms with Gasteiger partial charge in [-0.3, -0.25) is 0 Å². The highest BCUT2D eigenvalue weighted by atomic mass is 32.2. The maximum absolute atomic E-state index is 12.1. The summed E-state index contributed by atoms with van der Waals surface area (Å²) in [5.41, 5.74) is 2.11. The van der Waals surface area contributed by atoms with E-state index in [1.165, 1.54) is 10.4 Å².